The van der Waals surface area contributed by atoms with Crippen LogP contribution in [0.3, 0.4) is 0 Å². The fourth-order valence-corrected chi connectivity index (χ4v) is 0.627. The van der Waals surface area contributed by atoms with E-state index in [1.54, 1.807) is 6.20 Å². The van der Waals surface area contributed by atoms with Crippen LogP contribution in [0.15, 0.2) is 18.3 Å². The highest BCUT2D eigenvalue weighted by Crippen LogP contribution is 2.01. The average molecular weight is 132 g/mol. The predicted octanol–water partition coefficient (Wildman–Crippen LogP) is 1.10. The van der Waals surface area contributed by atoms with E-state index in [1.165, 1.54) is 0 Å². The van der Waals surface area contributed by atoms with E-state index in [0.29, 0.717) is 0 Å². The van der Waals surface area contributed by atoms with Crippen molar-refractivity contribution in [3.8, 4) is 12.3 Å². The summed E-state index contributed by atoms with van der Waals surface area (Å²) in [4.78, 5) is 4.01. The van der Waals surface area contributed by atoms with Gasteiger partial charge in [-0.05, 0) is 12.1 Å². The Balaban J connectivity index is 2.93. The second kappa shape index (κ2) is 2.88. The number of nitrogens with zero attached hydrogens (tertiary/aromatic N) is 1. The van der Waals surface area contributed by atoms with Gasteiger partial charge in [-0.2, -0.15) is 0 Å². The molecule has 0 aromatic carbocycles. The summed E-state index contributed by atoms with van der Waals surface area (Å²) in [6.07, 6.45) is 6.79. The number of terminal acetylenes is 1. The Hall–Kier alpha value is -1.49. The maximum absolute atomic E-state index is 5.13. The average Bonchev–Trinajstić information content (AvgIpc) is 2.05. The molecule has 0 atom stereocenters. The van der Waals surface area contributed by atoms with Gasteiger partial charge in [0.05, 0.1) is 0 Å². The number of aromatic nitrogens is 1. The quantitative estimate of drug-likeness (QED) is 0.579. The maximum atomic E-state index is 5.13. The van der Waals surface area contributed by atoms with Gasteiger partial charge in [0, 0.05) is 18.8 Å². The minimum absolute atomic E-state index is 0.805. The van der Waals surface area contributed by atoms with Crippen molar-refractivity contribution in [2.24, 2.45) is 0 Å². The number of pyridine rings is 1. The standard InChI is InChI=1S/C8H8N2/c1-3-7-4-5-8(9-2)10-6-7/h1,4-6H,2H3,(H,9,10). The molecule has 0 aliphatic heterocycles. The van der Waals surface area contributed by atoms with E-state index in [4.69, 9.17) is 6.42 Å². The Labute approximate surface area is 60.3 Å². The minimum atomic E-state index is 0.805. The molecule has 1 rings (SSSR count). The van der Waals surface area contributed by atoms with Crippen LogP contribution in [0.4, 0.5) is 5.82 Å². The third-order valence-electron chi connectivity index (χ3n) is 1.19. The molecule has 1 N–H and O–H groups in total. The van der Waals surface area contributed by atoms with Crippen molar-refractivity contribution >= 4 is 5.82 Å². The van der Waals surface area contributed by atoms with Crippen LogP contribution in [0.2, 0.25) is 0 Å². The molecule has 0 aliphatic rings. The van der Waals surface area contributed by atoms with Gasteiger partial charge in [0.15, 0.2) is 0 Å². The molecule has 1 aromatic rings. The Morgan fingerprint density at radius 2 is 2.40 bits per heavy atom. The highest BCUT2D eigenvalue weighted by molar-refractivity contribution is 5.39. The van der Waals surface area contributed by atoms with Gasteiger partial charge in [0.25, 0.3) is 0 Å². The molecule has 50 valence electrons. The zero-order chi connectivity index (χ0) is 7.40. The summed E-state index contributed by atoms with van der Waals surface area (Å²) in [5.41, 5.74) is 0.805. The summed E-state index contributed by atoms with van der Waals surface area (Å²) in [6, 6.07) is 3.69. The van der Waals surface area contributed by atoms with Crippen LogP contribution in [-0.4, -0.2) is 12.0 Å². The van der Waals surface area contributed by atoms with E-state index >= 15 is 0 Å². The van der Waals surface area contributed by atoms with E-state index in [1.807, 2.05) is 19.2 Å². The van der Waals surface area contributed by atoms with Crippen molar-refractivity contribution in [3.63, 3.8) is 0 Å². The fraction of sp³-hybridized carbons (Fsp3) is 0.125. The van der Waals surface area contributed by atoms with Gasteiger partial charge in [-0.1, -0.05) is 5.92 Å². The zero-order valence-electron chi connectivity index (χ0n) is 5.76. The van der Waals surface area contributed by atoms with Gasteiger partial charge in [0.2, 0.25) is 0 Å². The topological polar surface area (TPSA) is 24.9 Å². The first-order valence-electron chi connectivity index (χ1n) is 2.97. The van der Waals surface area contributed by atoms with Crippen molar-refractivity contribution in [2.45, 2.75) is 0 Å². The monoisotopic (exact) mass is 132 g/mol. The van der Waals surface area contributed by atoms with Crippen molar-refractivity contribution in [3.05, 3.63) is 23.9 Å². The lowest BCUT2D eigenvalue weighted by molar-refractivity contribution is 1.28. The first kappa shape index (κ1) is 6.63. The molecule has 0 unspecified atom stereocenters. The van der Waals surface area contributed by atoms with E-state index < -0.39 is 0 Å². The predicted molar refractivity (Wildman–Crippen MR) is 41.7 cm³/mol. The maximum Gasteiger partial charge on any atom is 0.125 e. The van der Waals surface area contributed by atoms with Crippen molar-refractivity contribution < 1.29 is 0 Å². The molecule has 0 saturated heterocycles. The Bertz CT molecular complexity index is 243. The van der Waals surface area contributed by atoms with E-state index in [2.05, 4.69) is 16.2 Å². The van der Waals surface area contributed by atoms with Crippen molar-refractivity contribution in [1.82, 2.24) is 4.98 Å². The van der Waals surface area contributed by atoms with Crippen LogP contribution in [0.1, 0.15) is 5.56 Å². The Morgan fingerprint density at radius 1 is 1.60 bits per heavy atom. The largest absolute Gasteiger partial charge is 0.373 e. The SMILES string of the molecule is C#Cc1ccc(NC)nc1. The molecule has 0 aliphatic carbocycles. The van der Waals surface area contributed by atoms with Gasteiger partial charge in [-0.25, -0.2) is 4.98 Å². The van der Waals surface area contributed by atoms with Gasteiger partial charge in [-0.3, -0.25) is 0 Å². The minimum Gasteiger partial charge on any atom is -0.373 e. The molecule has 0 saturated carbocycles. The molecule has 0 spiro atoms. The second-order valence-electron chi connectivity index (χ2n) is 1.83. The van der Waals surface area contributed by atoms with Crippen LogP contribution in [0, 0.1) is 12.3 Å². The zero-order valence-corrected chi connectivity index (χ0v) is 5.76. The molecule has 0 radical (unpaired) electrons. The summed E-state index contributed by atoms with van der Waals surface area (Å²) in [5, 5.41) is 2.90. The van der Waals surface area contributed by atoms with Crippen LogP contribution >= 0.6 is 0 Å². The molecule has 1 heterocycles. The summed E-state index contributed by atoms with van der Waals surface area (Å²) < 4.78 is 0. The van der Waals surface area contributed by atoms with Crippen LogP contribution in [0.25, 0.3) is 0 Å². The molecule has 0 bridgehead atoms. The van der Waals surface area contributed by atoms with E-state index in [-0.39, 0.29) is 0 Å². The number of anilines is 1. The van der Waals surface area contributed by atoms with Crippen molar-refractivity contribution in [1.29, 1.82) is 0 Å². The summed E-state index contributed by atoms with van der Waals surface area (Å²) in [5.74, 6) is 3.32. The number of rotatable bonds is 1. The van der Waals surface area contributed by atoms with Crippen molar-refractivity contribution in [2.75, 3.05) is 12.4 Å². The molecular formula is C8H8N2. The lowest BCUT2D eigenvalue weighted by atomic mass is 10.3. The van der Waals surface area contributed by atoms with Gasteiger partial charge >= 0.3 is 0 Å². The summed E-state index contributed by atoms with van der Waals surface area (Å²) in [7, 11) is 1.82. The highest BCUT2D eigenvalue weighted by atomic mass is 14.9. The third kappa shape index (κ3) is 1.26. The lowest BCUT2D eigenvalue weighted by Gasteiger charge is -1.95. The molecule has 2 nitrogen and oxygen atoms in total. The van der Waals surface area contributed by atoms with Crippen LogP contribution < -0.4 is 5.32 Å². The summed E-state index contributed by atoms with van der Waals surface area (Å²) in [6.45, 7) is 0. The summed E-state index contributed by atoms with van der Waals surface area (Å²) >= 11 is 0. The molecule has 1 aromatic heterocycles. The van der Waals surface area contributed by atoms with Crippen LogP contribution in [0.5, 0.6) is 0 Å². The third-order valence-corrected chi connectivity index (χ3v) is 1.19. The van der Waals surface area contributed by atoms with Gasteiger partial charge < -0.3 is 5.32 Å². The van der Waals surface area contributed by atoms with E-state index in [0.717, 1.165) is 11.4 Å². The number of hydrogen-bond acceptors (Lipinski definition) is 2. The molecule has 0 fully saturated rings. The lowest BCUT2D eigenvalue weighted by Crippen LogP contribution is -1.90. The van der Waals surface area contributed by atoms with Gasteiger partial charge in [0.1, 0.15) is 5.82 Å². The molecular weight excluding hydrogens is 124 g/mol. The number of nitrogens with one attached hydrogen (secondary N) is 1. The molecule has 10 heavy (non-hydrogen) atoms. The normalized spacial score (nSPS) is 8.40. The molecule has 0 amide bonds. The Kier molecular flexibility index (Phi) is 1.91. The van der Waals surface area contributed by atoms with Crippen LogP contribution in [-0.2, 0) is 0 Å². The smallest absolute Gasteiger partial charge is 0.125 e. The highest BCUT2D eigenvalue weighted by Gasteiger charge is 1.87. The second-order valence-corrected chi connectivity index (χ2v) is 1.83. The number of hydrogen-bond donors (Lipinski definition) is 1. The Morgan fingerprint density at radius 3 is 2.80 bits per heavy atom. The van der Waals surface area contributed by atoms with E-state index in [9.17, 15) is 0 Å². The molecule has 2 heteroatoms. The van der Waals surface area contributed by atoms with Gasteiger partial charge in [-0.15, -0.1) is 6.42 Å². The first-order chi connectivity index (χ1) is 4.86. The first-order valence-corrected chi connectivity index (χ1v) is 2.97. The fourth-order valence-electron chi connectivity index (χ4n) is 0.627.